The maximum atomic E-state index is 12.0. The number of hydrogen-bond acceptors (Lipinski definition) is 5. The lowest BCUT2D eigenvalue weighted by atomic mass is 10.1. The molecule has 1 atom stereocenters. The van der Waals surface area contributed by atoms with Crippen LogP contribution in [0.3, 0.4) is 0 Å². The van der Waals surface area contributed by atoms with E-state index in [4.69, 9.17) is 10.5 Å². The number of hydrogen-bond donors (Lipinski definition) is 4. The molecule has 2 rings (SSSR count). The van der Waals surface area contributed by atoms with E-state index < -0.39 is 12.0 Å². The number of anilines is 1. The van der Waals surface area contributed by atoms with Crippen molar-refractivity contribution in [2.45, 2.75) is 25.3 Å². The first kappa shape index (κ1) is 20.3. The van der Waals surface area contributed by atoms with Gasteiger partial charge < -0.3 is 26.2 Å². The highest BCUT2D eigenvalue weighted by molar-refractivity contribution is 5.86. The molecule has 0 saturated heterocycles. The number of carboxylic acids is 1. The van der Waals surface area contributed by atoms with Crippen LogP contribution in [0.5, 0.6) is 11.5 Å². The Kier molecular flexibility index (Phi) is 8.12. The predicted octanol–water partition coefficient (Wildman–Crippen LogP) is 2.59. The lowest BCUT2D eigenvalue weighted by molar-refractivity contribution is -0.141. The van der Waals surface area contributed by atoms with Crippen molar-refractivity contribution in [1.29, 1.82) is 0 Å². The van der Waals surface area contributed by atoms with Crippen LogP contribution >= 0.6 is 0 Å². The van der Waals surface area contributed by atoms with Crippen LogP contribution < -0.4 is 21.1 Å². The molecular formula is C20H25N3O4. The molecular weight excluding hydrogens is 346 g/mol. The number of unbranched alkanes of at least 4 members (excludes halogenated alkanes) is 1. The van der Waals surface area contributed by atoms with Crippen LogP contribution in [0.4, 0.5) is 5.69 Å². The predicted molar refractivity (Wildman–Crippen MR) is 104 cm³/mol. The Labute approximate surface area is 158 Å². The van der Waals surface area contributed by atoms with Gasteiger partial charge in [0.2, 0.25) is 5.91 Å². The average molecular weight is 371 g/mol. The van der Waals surface area contributed by atoms with Crippen LogP contribution in [-0.4, -0.2) is 36.1 Å². The van der Waals surface area contributed by atoms with Crippen molar-refractivity contribution >= 4 is 17.6 Å². The highest BCUT2D eigenvalue weighted by atomic mass is 16.5. The molecule has 0 bridgehead atoms. The fourth-order valence-electron chi connectivity index (χ4n) is 2.44. The topological polar surface area (TPSA) is 114 Å². The number of carbonyl (C=O) groups is 2. The average Bonchev–Trinajstić information content (AvgIpc) is 2.67. The minimum absolute atomic E-state index is 0.0143. The van der Waals surface area contributed by atoms with Crippen LogP contribution in [0.15, 0.2) is 54.6 Å². The number of para-hydroxylation sites is 1. The van der Waals surface area contributed by atoms with Crippen molar-refractivity contribution in [1.82, 2.24) is 5.32 Å². The van der Waals surface area contributed by atoms with Gasteiger partial charge in [-0.3, -0.25) is 4.79 Å². The first-order valence-corrected chi connectivity index (χ1v) is 8.87. The second-order valence-electron chi connectivity index (χ2n) is 6.04. The third kappa shape index (κ3) is 7.37. The Bertz CT molecular complexity index is 720. The summed E-state index contributed by atoms with van der Waals surface area (Å²) in [5.74, 6) is 0.0107. The van der Waals surface area contributed by atoms with Crippen LogP contribution in [0.1, 0.15) is 19.3 Å². The number of amides is 1. The normalized spacial score (nSPS) is 11.4. The minimum Gasteiger partial charge on any atom is -0.480 e. The molecule has 2 aromatic carbocycles. The van der Waals surface area contributed by atoms with Gasteiger partial charge in [0, 0.05) is 5.69 Å². The quantitative estimate of drug-likeness (QED) is 0.452. The molecule has 1 unspecified atom stereocenters. The maximum Gasteiger partial charge on any atom is 0.326 e. The third-order valence-corrected chi connectivity index (χ3v) is 3.87. The van der Waals surface area contributed by atoms with Gasteiger partial charge in [-0.25, -0.2) is 4.79 Å². The number of aliphatic carboxylic acids is 1. The molecule has 0 spiro atoms. The van der Waals surface area contributed by atoms with Crippen molar-refractivity contribution < 1.29 is 19.4 Å². The second-order valence-corrected chi connectivity index (χ2v) is 6.04. The zero-order valence-electron chi connectivity index (χ0n) is 15.1. The lowest BCUT2D eigenvalue weighted by Crippen LogP contribution is -2.43. The van der Waals surface area contributed by atoms with Crippen molar-refractivity contribution in [3.05, 3.63) is 54.6 Å². The summed E-state index contributed by atoms with van der Waals surface area (Å²) in [4.78, 5) is 23.2. The van der Waals surface area contributed by atoms with Gasteiger partial charge in [-0.2, -0.15) is 0 Å². The van der Waals surface area contributed by atoms with E-state index in [0.29, 0.717) is 25.1 Å². The molecule has 2 aromatic rings. The van der Waals surface area contributed by atoms with E-state index >= 15 is 0 Å². The van der Waals surface area contributed by atoms with Gasteiger partial charge in [0.15, 0.2) is 0 Å². The van der Waals surface area contributed by atoms with Gasteiger partial charge in [-0.1, -0.05) is 18.2 Å². The van der Waals surface area contributed by atoms with Crippen LogP contribution in [0.2, 0.25) is 0 Å². The molecule has 0 radical (unpaired) electrons. The van der Waals surface area contributed by atoms with Crippen LogP contribution in [0, 0.1) is 0 Å². The minimum atomic E-state index is -1.04. The van der Waals surface area contributed by atoms with Gasteiger partial charge in [-0.15, -0.1) is 0 Å². The summed E-state index contributed by atoms with van der Waals surface area (Å²) in [7, 11) is 0. The fourth-order valence-corrected chi connectivity index (χ4v) is 2.44. The SMILES string of the molecule is NCCCCC(NC(=O)CNc1ccc(Oc2ccccc2)cc1)C(=O)O. The molecule has 0 aromatic heterocycles. The molecule has 1 amide bonds. The standard InChI is InChI=1S/C20H25N3O4/c21-13-5-4-8-18(20(25)26)23-19(24)14-22-15-9-11-17(12-10-15)27-16-6-2-1-3-7-16/h1-3,6-7,9-12,18,22H,4-5,8,13-14,21H2,(H,23,24)(H,25,26). The third-order valence-electron chi connectivity index (χ3n) is 3.87. The monoisotopic (exact) mass is 371 g/mol. The van der Waals surface area contributed by atoms with Crippen molar-refractivity contribution in [2.24, 2.45) is 5.73 Å². The fraction of sp³-hybridized carbons (Fsp3) is 0.300. The first-order valence-electron chi connectivity index (χ1n) is 8.87. The smallest absolute Gasteiger partial charge is 0.326 e. The number of benzene rings is 2. The van der Waals surface area contributed by atoms with Crippen molar-refractivity contribution in [3.63, 3.8) is 0 Å². The number of nitrogens with one attached hydrogen (secondary N) is 2. The van der Waals surface area contributed by atoms with Gasteiger partial charge in [-0.05, 0) is 62.2 Å². The maximum absolute atomic E-state index is 12.0. The summed E-state index contributed by atoms with van der Waals surface area (Å²) in [5, 5.41) is 14.7. The molecule has 5 N–H and O–H groups in total. The Balaban J connectivity index is 1.79. The summed E-state index contributed by atoms with van der Waals surface area (Å²) >= 11 is 0. The van der Waals surface area contributed by atoms with Crippen LogP contribution in [-0.2, 0) is 9.59 Å². The van der Waals surface area contributed by atoms with Crippen LogP contribution in [0.25, 0.3) is 0 Å². The molecule has 0 fully saturated rings. The molecule has 144 valence electrons. The number of ether oxygens (including phenoxy) is 1. The first-order chi connectivity index (χ1) is 13.1. The van der Waals surface area contributed by atoms with Gasteiger partial charge in [0.25, 0.3) is 0 Å². The summed E-state index contributed by atoms with van der Waals surface area (Å²) in [6, 6.07) is 15.7. The Morgan fingerprint density at radius 2 is 1.67 bits per heavy atom. The molecule has 0 aliphatic rings. The van der Waals surface area contributed by atoms with Gasteiger partial charge in [0.05, 0.1) is 6.54 Å². The van der Waals surface area contributed by atoms with E-state index in [1.807, 2.05) is 30.3 Å². The number of carboxylic acid groups (broad SMARTS) is 1. The Morgan fingerprint density at radius 3 is 2.30 bits per heavy atom. The van der Waals surface area contributed by atoms with E-state index in [2.05, 4.69) is 10.6 Å². The molecule has 0 heterocycles. The van der Waals surface area contributed by atoms with Gasteiger partial charge >= 0.3 is 5.97 Å². The van der Waals surface area contributed by atoms with E-state index in [9.17, 15) is 14.7 Å². The van der Waals surface area contributed by atoms with E-state index in [1.54, 1.807) is 24.3 Å². The molecule has 7 heteroatoms. The molecule has 0 aliphatic carbocycles. The number of nitrogens with two attached hydrogens (primary N) is 1. The summed E-state index contributed by atoms with van der Waals surface area (Å²) in [5.41, 5.74) is 6.14. The number of rotatable bonds is 11. The molecule has 0 saturated carbocycles. The van der Waals surface area contributed by atoms with Gasteiger partial charge in [0.1, 0.15) is 17.5 Å². The molecule has 27 heavy (non-hydrogen) atoms. The Morgan fingerprint density at radius 1 is 1.00 bits per heavy atom. The Hall–Kier alpha value is -3.06. The second kappa shape index (κ2) is 10.8. The van der Waals surface area contributed by atoms with Crippen molar-refractivity contribution in [2.75, 3.05) is 18.4 Å². The summed E-state index contributed by atoms with van der Waals surface area (Å²) in [6.07, 6.45) is 1.75. The summed E-state index contributed by atoms with van der Waals surface area (Å²) < 4.78 is 5.70. The zero-order valence-corrected chi connectivity index (χ0v) is 15.1. The van der Waals surface area contributed by atoms with E-state index in [1.165, 1.54) is 0 Å². The molecule has 7 nitrogen and oxygen atoms in total. The largest absolute Gasteiger partial charge is 0.480 e. The number of carbonyl (C=O) groups excluding carboxylic acids is 1. The highest BCUT2D eigenvalue weighted by Crippen LogP contribution is 2.22. The molecule has 0 aliphatic heterocycles. The lowest BCUT2D eigenvalue weighted by Gasteiger charge is -2.15. The van der Waals surface area contributed by atoms with E-state index in [0.717, 1.165) is 17.9 Å². The van der Waals surface area contributed by atoms with E-state index in [-0.39, 0.29) is 12.5 Å². The zero-order chi connectivity index (χ0) is 19.5. The summed E-state index contributed by atoms with van der Waals surface area (Å²) in [6.45, 7) is 0.491. The highest BCUT2D eigenvalue weighted by Gasteiger charge is 2.19. The van der Waals surface area contributed by atoms with Crippen molar-refractivity contribution in [3.8, 4) is 11.5 Å².